The Morgan fingerprint density at radius 3 is 2.32 bits per heavy atom. The molecule has 0 saturated carbocycles. The Hall–Kier alpha value is -4.31. The van der Waals surface area contributed by atoms with Crippen molar-refractivity contribution in [1.82, 2.24) is 9.55 Å². The van der Waals surface area contributed by atoms with E-state index < -0.39 is 0 Å². The normalized spacial score (nSPS) is 16.4. The Bertz CT molecular complexity index is 1600. The number of rotatable bonds is 5. The molecule has 1 aliphatic rings. The standard InChI is InChI=1S/C33H31N3O/c1-33(2)28-14-10-22-34-32(28)35(3)30(33)21-20-27-26-13-8-9-15-29(26)36(24-11-6-5-7-12-24)31(27)23-16-18-25(37-4)19-17-23/h5-22,30H,1-4H3. The number of nitrogens with zero attached hydrogens (tertiary/aromatic N) is 3. The molecule has 5 aromatic rings. The van der Waals surface area contributed by atoms with E-state index in [1.165, 1.54) is 27.7 Å². The Labute approximate surface area is 218 Å². The van der Waals surface area contributed by atoms with E-state index in [0.717, 1.165) is 22.8 Å². The van der Waals surface area contributed by atoms with Crippen molar-refractivity contribution in [2.75, 3.05) is 19.1 Å². The average molecular weight is 486 g/mol. The summed E-state index contributed by atoms with van der Waals surface area (Å²) in [5.74, 6) is 1.91. The summed E-state index contributed by atoms with van der Waals surface area (Å²) in [4.78, 5) is 6.99. The van der Waals surface area contributed by atoms with E-state index in [4.69, 9.17) is 9.72 Å². The number of fused-ring (bicyclic) bond motifs is 2. The van der Waals surface area contributed by atoms with Gasteiger partial charge in [0.2, 0.25) is 0 Å². The maximum absolute atomic E-state index is 5.46. The number of ether oxygens (including phenoxy) is 1. The molecule has 0 spiro atoms. The molecule has 0 bridgehead atoms. The van der Waals surface area contributed by atoms with Crippen LogP contribution in [0.3, 0.4) is 0 Å². The molecule has 184 valence electrons. The van der Waals surface area contributed by atoms with Crippen LogP contribution in [0.5, 0.6) is 5.75 Å². The van der Waals surface area contributed by atoms with E-state index in [9.17, 15) is 0 Å². The van der Waals surface area contributed by atoms with Gasteiger partial charge in [0.15, 0.2) is 0 Å². The smallest absolute Gasteiger partial charge is 0.132 e. The highest BCUT2D eigenvalue weighted by atomic mass is 16.5. The molecule has 0 fully saturated rings. The van der Waals surface area contributed by atoms with Gasteiger partial charge < -0.3 is 14.2 Å². The molecule has 0 radical (unpaired) electrons. The molecule has 0 amide bonds. The van der Waals surface area contributed by atoms with Crippen LogP contribution in [0, 0.1) is 0 Å². The topological polar surface area (TPSA) is 30.3 Å². The van der Waals surface area contributed by atoms with Gasteiger partial charge in [-0.05, 0) is 54.1 Å². The van der Waals surface area contributed by atoms with Crippen LogP contribution in [0.15, 0.2) is 103 Å². The number of likely N-dealkylation sites (N-methyl/N-ethyl adjacent to an activating group) is 1. The highest BCUT2D eigenvalue weighted by Crippen LogP contribution is 2.44. The lowest BCUT2D eigenvalue weighted by atomic mass is 9.80. The van der Waals surface area contributed by atoms with Crippen LogP contribution in [0.1, 0.15) is 25.0 Å². The predicted octanol–water partition coefficient (Wildman–Crippen LogP) is 7.51. The molecule has 2 aromatic heterocycles. The van der Waals surface area contributed by atoms with Gasteiger partial charge >= 0.3 is 0 Å². The van der Waals surface area contributed by atoms with E-state index in [1.54, 1.807) is 7.11 Å². The van der Waals surface area contributed by atoms with Gasteiger partial charge in [-0.1, -0.05) is 68.5 Å². The van der Waals surface area contributed by atoms with E-state index in [0.29, 0.717) is 0 Å². The van der Waals surface area contributed by atoms with Crippen molar-refractivity contribution in [2.24, 2.45) is 0 Å². The number of pyridine rings is 1. The van der Waals surface area contributed by atoms with E-state index in [2.05, 4.69) is 115 Å². The number of aromatic nitrogens is 2. The number of hydrogen-bond donors (Lipinski definition) is 0. The molecule has 1 atom stereocenters. The van der Waals surface area contributed by atoms with Crippen LogP contribution in [0.2, 0.25) is 0 Å². The number of methoxy groups -OCH3 is 1. The summed E-state index contributed by atoms with van der Waals surface area (Å²) in [6.07, 6.45) is 6.55. The first kappa shape index (κ1) is 23.1. The van der Waals surface area contributed by atoms with Gasteiger partial charge in [0, 0.05) is 40.9 Å². The van der Waals surface area contributed by atoms with Gasteiger partial charge in [0.25, 0.3) is 0 Å². The summed E-state index contributed by atoms with van der Waals surface area (Å²) in [7, 11) is 3.85. The first-order valence-corrected chi connectivity index (χ1v) is 12.7. The predicted molar refractivity (Wildman–Crippen MR) is 154 cm³/mol. The quantitative estimate of drug-likeness (QED) is 0.258. The third-order valence-electron chi connectivity index (χ3n) is 7.71. The largest absolute Gasteiger partial charge is 0.497 e. The van der Waals surface area contributed by atoms with E-state index in [-0.39, 0.29) is 11.5 Å². The number of benzene rings is 3. The van der Waals surface area contributed by atoms with E-state index >= 15 is 0 Å². The second kappa shape index (κ2) is 8.97. The maximum Gasteiger partial charge on any atom is 0.132 e. The fraction of sp³-hybridized carbons (Fsp3) is 0.182. The molecular weight excluding hydrogens is 454 g/mol. The van der Waals surface area contributed by atoms with Gasteiger partial charge in [-0.3, -0.25) is 0 Å². The molecule has 4 nitrogen and oxygen atoms in total. The van der Waals surface area contributed by atoms with Crippen molar-refractivity contribution in [3.05, 3.63) is 114 Å². The summed E-state index contributed by atoms with van der Waals surface area (Å²) < 4.78 is 7.83. The molecule has 0 saturated heterocycles. The van der Waals surface area contributed by atoms with Crippen LogP contribution in [-0.2, 0) is 5.41 Å². The van der Waals surface area contributed by atoms with E-state index in [1.807, 2.05) is 24.4 Å². The lowest BCUT2D eigenvalue weighted by Gasteiger charge is -2.29. The summed E-state index contributed by atoms with van der Waals surface area (Å²) >= 11 is 0. The zero-order valence-electron chi connectivity index (χ0n) is 21.7. The highest BCUT2D eigenvalue weighted by molar-refractivity contribution is 5.99. The van der Waals surface area contributed by atoms with Crippen molar-refractivity contribution in [1.29, 1.82) is 0 Å². The second-order valence-corrected chi connectivity index (χ2v) is 10.2. The zero-order valence-corrected chi connectivity index (χ0v) is 21.7. The summed E-state index contributed by atoms with van der Waals surface area (Å²) in [6, 6.07) is 32.0. The van der Waals surface area contributed by atoms with Crippen LogP contribution in [0.4, 0.5) is 5.82 Å². The number of para-hydroxylation sites is 2. The third-order valence-corrected chi connectivity index (χ3v) is 7.71. The minimum absolute atomic E-state index is 0.0626. The second-order valence-electron chi connectivity index (χ2n) is 10.2. The Morgan fingerprint density at radius 1 is 0.865 bits per heavy atom. The Balaban J connectivity index is 1.57. The van der Waals surface area contributed by atoms with Gasteiger partial charge in [-0.2, -0.15) is 0 Å². The lowest BCUT2D eigenvalue weighted by molar-refractivity contribution is 0.415. The van der Waals surface area contributed by atoms with Crippen molar-refractivity contribution in [3.8, 4) is 22.7 Å². The van der Waals surface area contributed by atoms with Crippen LogP contribution in [0.25, 0.3) is 33.9 Å². The van der Waals surface area contributed by atoms with Gasteiger partial charge in [-0.15, -0.1) is 0 Å². The SMILES string of the molecule is COc1ccc(-c2c(C=CC3N(C)c4ncccc4C3(C)C)c3ccccc3n2-c2ccccc2)cc1. The molecule has 0 aliphatic carbocycles. The monoisotopic (exact) mass is 485 g/mol. The number of hydrogen-bond acceptors (Lipinski definition) is 3. The minimum atomic E-state index is -0.0626. The molecule has 1 unspecified atom stereocenters. The van der Waals surface area contributed by atoms with Gasteiger partial charge in [0.1, 0.15) is 11.6 Å². The Morgan fingerprint density at radius 2 is 1.59 bits per heavy atom. The molecular formula is C33H31N3O. The first-order valence-electron chi connectivity index (χ1n) is 12.7. The molecule has 3 heterocycles. The van der Waals surface area contributed by atoms with Crippen molar-refractivity contribution < 1.29 is 4.74 Å². The molecule has 4 heteroatoms. The molecule has 37 heavy (non-hydrogen) atoms. The van der Waals surface area contributed by atoms with Crippen LogP contribution in [-0.4, -0.2) is 29.8 Å². The molecule has 3 aromatic carbocycles. The highest BCUT2D eigenvalue weighted by Gasteiger charge is 2.42. The Kier molecular flexibility index (Phi) is 5.60. The first-order chi connectivity index (χ1) is 18.0. The molecule has 0 N–H and O–H groups in total. The van der Waals surface area contributed by atoms with Crippen LogP contribution >= 0.6 is 0 Å². The lowest BCUT2D eigenvalue weighted by Crippen LogP contribution is -2.37. The fourth-order valence-corrected chi connectivity index (χ4v) is 5.83. The summed E-state index contributed by atoms with van der Waals surface area (Å²) in [5, 5.41) is 1.22. The van der Waals surface area contributed by atoms with Crippen LogP contribution < -0.4 is 9.64 Å². The average Bonchev–Trinajstić information content (AvgIpc) is 3.37. The van der Waals surface area contributed by atoms with Crippen molar-refractivity contribution >= 4 is 22.8 Å². The number of anilines is 1. The summed E-state index contributed by atoms with van der Waals surface area (Å²) in [5.41, 5.74) is 7.06. The summed E-state index contributed by atoms with van der Waals surface area (Å²) in [6.45, 7) is 4.62. The molecule has 6 rings (SSSR count). The van der Waals surface area contributed by atoms with Gasteiger partial charge in [-0.25, -0.2) is 4.98 Å². The molecule has 1 aliphatic heterocycles. The van der Waals surface area contributed by atoms with Crippen molar-refractivity contribution in [3.63, 3.8) is 0 Å². The minimum Gasteiger partial charge on any atom is -0.497 e. The van der Waals surface area contributed by atoms with Crippen molar-refractivity contribution in [2.45, 2.75) is 25.3 Å². The third kappa shape index (κ3) is 3.72. The maximum atomic E-state index is 5.46. The zero-order chi connectivity index (χ0) is 25.6. The van der Waals surface area contributed by atoms with Gasteiger partial charge in [0.05, 0.1) is 24.4 Å². The fourth-order valence-electron chi connectivity index (χ4n) is 5.83.